The topological polar surface area (TPSA) is 122 Å². The van der Waals surface area contributed by atoms with Gasteiger partial charge in [-0.2, -0.15) is 0 Å². The number of esters is 1. The van der Waals surface area contributed by atoms with Crippen molar-refractivity contribution < 1.29 is 28.7 Å². The summed E-state index contributed by atoms with van der Waals surface area (Å²) in [5.41, 5.74) is 1.74. The molecule has 2 aromatic rings. The van der Waals surface area contributed by atoms with E-state index in [0.717, 1.165) is 19.3 Å². The zero-order valence-electron chi connectivity index (χ0n) is 19.2. The van der Waals surface area contributed by atoms with E-state index in [1.807, 2.05) is 0 Å². The van der Waals surface area contributed by atoms with Gasteiger partial charge in [0.05, 0.1) is 23.1 Å². The molecule has 3 fully saturated rings. The van der Waals surface area contributed by atoms with Gasteiger partial charge >= 0.3 is 5.97 Å². The van der Waals surface area contributed by atoms with Gasteiger partial charge < -0.3 is 15.4 Å². The Morgan fingerprint density at radius 1 is 0.857 bits per heavy atom. The summed E-state index contributed by atoms with van der Waals surface area (Å²) < 4.78 is 5.09. The highest BCUT2D eigenvalue weighted by molar-refractivity contribution is 6.22. The molecule has 2 bridgehead atoms. The van der Waals surface area contributed by atoms with Gasteiger partial charge in [-0.3, -0.25) is 24.1 Å². The molecule has 5 rings (SSSR count). The molecule has 2 saturated carbocycles. The summed E-state index contributed by atoms with van der Waals surface area (Å²) in [6.07, 6.45) is 3.00. The summed E-state index contributed by atoms with van der Waals surface area (Å²) in [4.78, 5) is 62.7. The summed E-state index contributed by atoms with van der Waals surface area (Å²) in [7, 11) is 0. The first-order chi connectivity index (χ1) is 16.8. The number of carbonyl (C=O) groups is 5. The van der Waals surface area contributed by atoms with Crippen LogP contribution in [0.1, 0.15) is 36.5 Å². The van der Waals surface area contributed by atoms with Gasteiger partial charge in [-0.15, -0.1) is 0 Å². The van der Waals surface area contributed by atoms with Crippen molar-refractivity contribution >= 4 is 46.7 Å². The number of benzene rings is 2. The average Bonchev–Trinajstić information content (AvgIpc) is 3.52. The Labute approximate surface area is 201 Å². The fourth-order valence-corrected chi connectivity index (χ4v) is 5.66. The minimum absolute atomic E-state index is 0.135. The largest absolute Gasteiger partial charge is 0.452 e. The van der Waals surface area contributed by atoms with E-state index in [0.29, 0.717) is 28.9 Å². The van der Waals surface area contributed by atoms with Crippen LogP contribution in [0.3, 0.4) is 0 Å². The Balaban J connectivity index is 1.15. The Morgan fingerprint density at radius 2 is 1.40 bits per heavy atom. The molecule has 0 unspecified atom stereocenters. The molecule has 3 aliphatic rings. The van der Waals surface area contributed by atoms with Crippen LogP contribution in [-0.2, 0) is 23.9 Å². The summed E-state index contributed by atoms with van der Waals surface area (Å²) in [6.45, 7) is 0.917. The van der Waals surface area contributed by atoms with Crippen LogP contribution in [0.15, 0.2) is 48.5 Å². The summed E-state index contributed by atoms with van der Waals surface area (Å²) in [5, 5.41) is 5.23. The highest BCUT2D eigenvalue weighted by Crippen LogP contribution is 2.56. The molecule has 2 aliphatic carbocycles. The number of carbonyl (C=O) groups excluding carboxylic acids is 5. The maximum absolute atomic E-state index is 13.0. The Morgan fingerprint density at radius 3 is 1.94 bits per heavy atom. The first kappa shape index (κ1) is 22.8. The Hall–Kier alpha value is -4.01. The molecule has 4 atom stereocenters. The van der Waals surface area contributed by atoms with Crippen LogP contribution in [0.2, 0.25) is 0 Å². The second-order valence-electron chi connectivity index (χ2n) is 9.33. The summed E-state index contributed by atoms with van der Waals surface area (Å²) >= 11 is 0. The molecule has 9 heteroatoms. The minimum Gasteiger partial charge on any atom is -0.452 e. The van der Waals surface area contributed by atoms with Crippen LogP contribution in [0.25, 0.3) is 0 Å². The molecule has 0 aromatic heterocycles. The SMILES string of the molecule is CC(=O)Nc1ccc(NC(=O)COC(=O)c2ccc(N3C(=O)[C@@H]4[C@H]5CC[C@@H](C5)[C@@H]4C3=O)cc2)cc1. The maximum atomic E-state index is 13.0. The monoisotopic (exact) mass is 475 g/mol. The zero-order valence-corrected chi connectivity index (χ0v) is 19.2. The number of nitrogens with one attached hydrogen (secondary N) is 2. The number of hydrogen-bond donors (Lipinski definition) is 2. The Bertz CT molecular complexity index is 1180. The molecule has 0 spiro atoms. The third-order valence-corrected chi connectivity index (χ3v) is 7.11. The van der Waals surface area contributed by atoms with E-state index in [-0.39, 0.29) is 35.1 Å². The molecule has 4 amide bonds. The molecular weight excluding hydrogens is 450 g/mol. The first-order valence-corrected chi connectivity index (χ1v) is 11.6. The number of anilines is 3. The average molecular weight is 476 g/mol. The first-order valence-electron chi connectivity index (χ1n) is 11.6. The lowest BCUT2D eigenvalue weighted by Gasteiger charge is -2.19. The van der Waals surface area contributed by atoms with Gasteiger partial charge in [0, 0.05) is 18.3 Å². The number of nitrogens with zero attached hydrogens (tertiary/aromatic N) is 1. The number of imide groups is 1. The fraction of sp³-hybridized carbons (Fsp3) is 0.346. The second-order valence-corrected chi connectivity index (χ2v) is 9.33. The van der Waals surface area contributed by atoms with Crippen molar-refractivity contribution in [3.63, 3.8) is 0 Å². The van der Waals surface area contributed by atoms with Crippen LogP contribution in [0.5, 0.6) is 0 Å². The van der Waals surface area contributed by atoms with Crippen LogP contribution < -0.4 is 15.5 Å². The molecule has 2 aromatic carbocycles. The number of fused-ring (bicyclic) bond motifs is 5. The van der Waals surface area contributed by atoms with E-state index in [4.69, 9.17) is 4.74 Å². The van der Waals surface area contributed by atoms with E-state index in [1.165, 1.54) is 24.0 Å². The van der Waals surface area contributed by atoms with Crippen LogP contribution >= 0.6 is 0 Å². The van der Waals surface area contributed by atoms with E-state index in [2.05, 4.69) is 10.6 Å². The smallest absolute Gasteiger partial charge is 0.338 e. The molecule has 9 nitrogen and oxygen atoms in total. The van der Waals surface area contributed by atoms with Crippen molar-refractivity contribution in [1.82, 2.24) is 0 Å². The van der Waals surface area contributed by atoms with Crippen molar-refractivity contribution in [2.45, 2.75) is 26.2 Å². The Kier molecular flexibility index (Phi) is 5.84. The predicted octanol–water partition coefficient (Wildman–Crippen LogP) is 2.98. The molecule has 2 N–H and O–H groups in total. The van der Waals surface area contributed by atoms with Gasteiger partial charge in [-0.1, -0.05) is 0 Å². The standard InChI is InChI=1S/C26H25N3O6/c1-14(30)27-18-6-8-19(9-7-18)28-21(31)13-35-26(34)15-4-10-20(11-5-15)29-24(32)22-16-2-3-17(12-16)23(22)25(29)33/h4-11,16-17,22-23H,2-3,12-13H2,1H3,(H,27,30)(H,28,31)/t16-,17-,22-,23+/m0/s1. The van der Waals surface area contributed by atoms with Gasteiger partial charge in [-0.05, 0) is 79.6 Å². The van der Waals surface area contributed by atoms with Crippen molar-refractivity contribution in [3.8, 4) is 0 Å². The minimum atomic E-state index is -0.693. The molecule has 1 saturated heterocycles. The van der Waals surface area contributed by atoms with Crippen molar-refractivity contribution in [1.29, 1.82) is 0 Å². The lowest BCUT2D eigenvalue weighted by molar-refractivity contribution is -0.123. The van der Waals surface area contributed by atoms with Crippen LogP contribution in [0.4, 0.5) is 17.1 Å². The lowest BCUT2D eigenvalue weighted by Crippen LogP contribution is -2.32. The van der Waals surface area contributed by atoms with Crippen molar-refractivity contribution in [3.05, 3.63) is 54.1 Å². The van der Waals surface area contributed by atoms with Gasteiger partial charge in [0.1, 0.15) is 0 Å². The fourth-order valence-electron chi connectivity index (χ4n) is 5.66. The maximum Gasteiger partial charge on any atom is 0.338 e. The number of rotatable bonds is 6. The summed E-state index contributed by atoms with van der Waals surface area (Å²) in [5.74, 6) is -1.47. The quantitative estimate of drug-likeness (QED) is 0.489. The van der Waals surface area contributed by atoms with Gasteiger partial charge in [0.2, 0.25) is 17.7 Å². The molecular formula is C26H25N3O6. The van der Waals surface area contributed by atoms with Gasteiger partial charge in [0.15, 0.2) is 6.61 Å². The lowest BCUT2D eigenvalue weighted by atomic mass is 9.81. The normalized spacial score (nSPS) is 24.3. The van der Waals surface area contributed by atoms with E-state index in [1.54, 1.807) is 36.4 Å². The number of hydrogen-bond acceptors (Lipinski definition) is 6. The third kappa shape index (κ3) is 4.29. The van der Waals surface area contributed by atoms with Crippen molar-refractivity contribution in [2.75, 3.05) is 22.1 Å². The third-order valence-electron chi connectivity index (χ3n) is 7.11. The van der Waals surface area contributed by atoms with E-state index < -0.39 is 18.5 Å². The highest BCUT2D eigenvalue weighted by atomic mass is 16.5. The van der Waals surface area contributed by atoms with E-state index in [9.17, 15) is 24.0 Å². The predicted molar refractivity (Wildman–Crippen MR) is 126 cm³/mol. The molecule has 0 radical (unpaired) electrons. The number of ether oxygens (including phenoxy) is 1. The molecule has 1 aliphatic heterocycles. The second kappa shape index (κ2) is 8.98. The summed E-state index contributed by atoms with van der Waals surface area (Å²) in [6, 6.07) is 12.6. The highest BCUT2D eigenvalue weighted by Gasteiger charge is 2.61. The van der Waals surface area contributed by atoms with Gasteiger partial charge in [0.25, 0.3) is 5.91 Å². The van der Waals surface area contributed by atoms with Crippen LogP contribution in [0, 0.1) is 23.7 Å². The zero-order chi connectivity index (χ0) is 24.7. The molecule has 35 heavy (non-hydrogen) atoms. The number of amides is 4. The molecule has 180 valence electrons. The van der Waals surface area contributed by atoms with Crippen LogP contribution in [-0.4, -0.2) is 36.2 Å². The molecule has 1 heterocycles. The van der Waals surface area contributed by atoms with Gasteiger partial charge in [-0.25, -0.2) is 4.79 Å². The van der Waals surface area contributed by atoms with Crippen molar-refractivity contribution in [2.24, 2.45) is 23.7 Å². The van der Waals surface area contributed by atoms with E-state index >= 15 is 0 Å².